The third-order valence-corrected chi connectivity index (χ3v) is 4.36. The van der Waals surface area contributed by atoms with Gasteiger partial charge in [-0.2, -0.15) is 0 Å². The molecule has 0 saturated carbocycles. The van der Waals surface area contributed by atoms with E-state index in [9.17, 15) is 0 Å². The van der Waals surface area contributed by atoms with E-state index in [0.717, 1.165) is 4.43 Å². The summed E-state index contributed by atoms with van der Waals surface area (Å²) in [4.78, 5) is 2.64. The van der Waals surface area contributed by atoms with Gasteiger partial charge in [-0.15, -0.1) is 0 Å². The Labute approximate surface area is 146 Å². The maximum absolute atomic E-state index is 2.64. The van der Waals surface area contributed by atoms with Gasteiger partial charge in [-0.3, -0.25) is 0 Å². The molecule has 0 aliphatic heterocycles. The summed E-state index contributed by atoms with van der Waals surface area (Å²) in [5, 5.41) is 0. The molecule has 1 aromatic rings. The lowest BCUT2D eigenvalue weighted by atomic mass is 10.2. The van der Waals surface area contributed by atoms with Gasteiger partial charge in [-0.25, -0.2) is 0 Å². The summed E-state index contributed by atoms with van der Waals surface area (Å²) in [5.41, 5.74) is 1.40. The molecule has 1 rings (SSSR count). The van der Waals surface area contributed by atoms with Crippen LogP contribution >= 0.6 is 22.6 Å². The minimum atomic E-state index is 1.11. The number of alkyl halides is 1. The molecular formula is C19H34IN. The van der Waals surface area contributed by atoms with Crippen molar-refractivity contribution in [2.75, 3.05) is 19.6 Å². The number of nitrogens with zero attached hydrogens (tertiary/aromatic N) is 1. The van der Waals surface area contributed by atoms with Crippen LogP contribution in [-0.4, -0.2) is 24.5 Å². The lowest BCUT2D eigenvalue weighted by molar-refractivity contribution is 0.261. The second-order valence-electron chi connectivity index (χ2n) is 5.52. The highest BCUT2D eigenvalue weighted by molar-refractivity contribution is 14.1. The first-order chi connectivity index (χ1) is 10.3. The van der Waals surface area contributed by atoms with Gasteiger partial charge in [0, 0.05) is 4.43 Å². The Balaban J connectivity index is 0.000000423. The SMILES string of the molecule is CCCCN(CCCC)CCCC.ICc1ccccc1. The molecule has 1 aromatic carbocycles. The van der Waals surface area contributed by atoms with Crippen molar-refractivity contribution in [3.63, 3.8) is 0 Å². The van der Waals surface area contributed by atoms with E-state index in [-0.39, 0.29) is 0 Å². The van der Waals surface area contributed by atoms with E-state index in [1.807, 2.05) is 6.07 Å². The van der Waals surface area contributed by atoms with E-state index in [0.29, 0.717) is 0 Å². The summed E-state index contributed by atoms with van der Waals surface area (Å²) < 4.78 is 1.11. The number of hydrogen-bond acceptors (Lipinski definition) is 1. The molecule has 21 heavy (non-hydrogen) atoms. The van der Waals surface area contributed by atoms with Gasteiger partial charge in [0.1, 0.15) is 0 Å². The molecule has 0 radical (unpaired) electrons. The van der Waals surface area contributed by atoms with E-state index in [2.05, 4.69) is 72.5 Å². The number of benzene rings is 1. The van der Waals surface area contributed by atoms with Crippen LogP contribution in [0.4, 0.5) is 0 Å². The van der Waals surface area contributed by atoms with Gasteiger partial charge in [0.15, 0.2) is 0 Å². The highest BCUT2D eigenvalue weighted by Crippen LogP contribution is 2.03. The number of unbranched alkanes of at least 4 members (excludes halogenated alkanes) is 3. The van der Waals surface area contributed by atoms with Crippen LogP contribution in [0, 0.1) is 0 Å². The minimum absolute atomic E-state index is 1.11. The summed E-state index contributed by atoms with van der Waals surface area (Å²) in [5.74, 6) is 0. The largest absolute Gasteiger partial charge is 0.303 e. The maximum Gasteiger partial charge on any atom is 0.0247 e. The summed E-state index contributed by atoms with van der Waals surface area (Å²) in [6.45, 7) is 10.8. The molecule has 2 heteroatoms. The Kier molecular flexibility index (Phi) is 16.2. The Morgan fingerprint density at radius 3 is 1.48 bits per heavy atom. The molecule has 0 spiro atoms. The van der Waals surface area contributed by atoms with Crippen molar-refractivity contribution in [3.05, 3.63) is 35.9 Å². The molecule has 0 aliphatic carbocycles. The fourth-order valence-electron chi connectivity index (χ4n) is 2.05. The predicted molar refractivity (Wildman–Crippen MR) is 105 cm³/mol. The lowest BCUT2D eigenvalue weighted by Crippen LogP contribution is -2.27. The average Bonchev–Trinajstić information content (AvgIpc) is 2.55. The van der Waals surface area contributed by atoms with E-state index < -0.39 is 0 Å². The van der Waals surface area contributed by atoms with Crippen LogP contribution in [0.5, 0.6) is 0 Å². The molecule has 1 nitrogen and oxygen atoms in total. The van der Waals surface area contributed by atoms with E-state index in [1.165, 1.54) is 63.7 Å². The highest BCUT2D eigenvalue weighted by atomic mass is 127. The fraction of sp³-hybridized carbons (Fsp3) is 0.684. The van der Waals surface area contributed by atoms with Gasteiger partial charge in [-0.05, 0) is 44.5 Å². The van der Waals surface area contributed by atoms with E-state index >= 15 is 0 Å². The van der Waals surface area contributed by atoms with Gasteiger partial charge < -0.3 is 4.90 Å². The molecule has 0 heterocycles. The molecule has 0 amide bonds. The van der Waals surface area contributed by atoms with Crippen LogP contribution in [0.2, 0.25) is 0 Å². The Morgan fingerprint density at radius 1 is 0.762 bits per heavy atom. The van der Waals surface area contributed by atoms with Crippen LogP contribution in [-0.2, 0) is 4.43 Å². The van der Waals surface area contributed by atoms with Crippen molar-refractivity contribution < 1.29 is 0 Å². The molecular weight excluding hydrogens is 369 g/mol. The molecule has 0 fully saturated rings. The fourth-order valence-corrected chi connectivity index (χ4v) is 2.56. The Bertz CT molecular complexity index is 281. The summed E-state index contributed by atoms with van der Waals surface area (Å²) >= 11 is 2.35. The van der Waals surface area contributed by atoms with Crippen LogP contribution in [0.1, 0.15) is 64.9 Å². The summed E-state index contributed by atoms with van der Waals surface area (Å²) in [6, 6.07) is 10.4. The monoisotopic (exact) mass is 403 g/mol. The van der Waals surface area contributed by atoms with Crippen molar-refractivity contribution in [1.29, 1.82) is 0 Å². The van der Waals surface area contributed by atoms with Crippen LogP contribution in [0.25, 0.3) is 0 Å². The lowest BCUT2D eigenvalue weighted by Gasteiger charge is -2.21. The van der Waals surface area contributed by atoms with E-state index in [4.69, 9.17) is 0 Å². The van der Waals surface area contributed by atoms with Gasteiger partial charge >= 0.3 is 0 Å². The zero-order valence-electron chi connectivity index (χ0n) is 14.3. The molecule has 0 aliphatic rings. The minimum Gasteiger partial charge on any atom is -0.303 e. The van der Waals surface area contributed by atoms with Crippen molar-refractivity contribution in [1.82, 2.24) is 4.90 Å². The third kappa shape index (κ3) is 13.3. The van der Waals surface area contributed by atoms with Gasteiger partial charge in [0.05, 0.1) is 0 Å². The third-order valence-electron chi connectivity index (χ3n) is 3.48. The van der Waals surface area contributed by atoms with Crippen LogP contribution in [0.3, 0.4) is 0 Å². The second kappa shape index (κ2) is 16.3. The zero-order chi connectivity index (χ0) is 15.8. The Morgan fingerprint density at radius 2 is 1.19 bits per heavy atom. The quantitative estimate of drug-likeness (QED) is 0.327. The molecule has 0 unspecified atom stereocenters. The van der Waals surface area contributed by atoms with Crippen LogP contribution in [0.15, 0.2) is 30.3 Å². The normalized spacial score (nSPS) is 10.3. The molecule has 0 aromatic heterocycles. The first-order valence-electron chi connectivity index (χ1n) is 8.60. The van der Waals surface area contributed by atoms with Crippen molar-refractivity contribution in [2.24, 2.45) is 0 Å². The van der Waals surface area contributed by atoms with Crippen molar-refractivity contribution in [2.45, 2.75) is 63.7 Å². The predicted octanol–water partition coefficient (Wildman–Crippen LogP) is 6.31. The van der Waals surface area contributed by atoms with Gasteiger partial charge in [-0.1, -0.05) is 93.0 Å². The highest BCUT2D eigenvalue weighted by Gasteiger charge is 2.01. The molecule has 0 saturated heterocycles. The van der Waals surface area contributed by atoms with Crippen LogP contribution < -0.4 is 0 Å². The smallest absolute Gasteiger partial charge is 0.0247 e. The number of hydrogen-bond donors (Lipinski definition) is 0. The second-order valence-corrected chi connectivity index (χ2v) is 6.28. The summed E-state index contributed by atoms with van der Waals surface area (Å²) in [6.07, 6.45) is 8.09. The summed E-state index contributed by atoms with van der Waals surface area (Å²) in [7, 11) is 0. The van der Waals surface area contributed by atoms with Crippen molar-refractivity contribution >= 4 is 22.6 Å². The molecule has 0 atom stereocenters. The Hall–Kier alpha value is -0.0900. The zero-order valence-corrected chi connectivity index (χ0v) is 16.4. The van der Waals surface area contributed by atoms with Crippen molar-refractivity contribution in [3.8, 4) is 0 Å². The standard InChI is InChI=1S/C12H27N.C7H7I/c1-4-7-10-13(11-8-5-2)12-9-6-3;8-6-7-4-2-1-3-5-7/h4-12H2,1-3H3;1-5H,6H2. The van der Waals surface area contributed by atoms with Gasteiger partial charge in [0.2, 0.25) is 0 Å². The topological polar surface area (TPSA) is 3.24 Å². The average molecular weight is 403 g/mol. The molecule has 0 bridgehead atoms. The number of rotatable bonds is 10. The van der Waals surface area contributed by atoms with Gasteiger partial charge in [0.25, 0.3) is 0 Å². The first-order valence-corrected chi connectivity index (χ1v) is 10.1. The number of halogens is 1. The molecule has 0 N–H and O–H groups in total. The first kappa shape index (κ1) is 20.9. The maximum atomic E-state index is 2.64. The van der Waals surface area contributed by atoms with E-state index in [1.54, 1.807) is 0 Å². The molecule has 122 valence electrons.